The lowest BCUT2D eigenvalue weighted by Gasteiger charge is -2.12. The number of aromatic nitrogens is 2. The van der Waals surface area contributed by atoms with Crippen molar-refractivity contribution in [3.63, 3.8) is 0 Å². The first kappa shape index (κ1) is 12.8. The summed E-state index contributed by atoms with van der Waals surface area (Å²) in [5.74, 6) is -1.46. The van der Waals surface area contributed by atoms with Gasteiger partial charge in [-0.25, -0.2) is 4.98 Å². The lowest BCUT2D eigenvalue weighted by Crippen LogP contribution is -2.10. The molecule has 108 valence electrons. The van der Waals surface area contributed by atoms with E-state index in [1.54, 1.807) is 13.1 Å². The molecule has 0 saturated carbocycles. The second-order valence-electron chi connectivity index (χ2n) is 5.46. The molecule has 0 fully saturated rings. The molecule has 0 aliphatic carbocycles. The Morgan fingerprint density at radius 1 is 1.05 bits per heavy atom. The molecule has 0 bridgehead atoms. The van der Waals surface area contributed by atoms with Crippen LogP contribution in [0.1, 0.15) is 18.5 Å². The van der Waals surface area contributed by atoms with Gasteiger partial charge in [0, 0.05) is 10.8 Å². The van der Waals surface area contributed by atoms with Crippen molar-refractivity contribution in [2.75, 3.05) is 0 Å². The Kier molecular flexibility index (Phi) is 2.66. The van der Waals surface area contributed by atoms with Crippen LogP contribution < -0.4 is 0 Å². The second-order valence-corrected chi connectivity index (χ2v) is 5.46. The van der Waals surface area contributed by atoms with Crippen molar-refractivity contribution in [2.45, 2.75) is 12.8 Å². The quantitative estimate of drug-likeness (QED) is 0.571. The van der Waals surface area contributed by atoms with E-state index >= 15 is 0 Å². The molecule has 0 amide bonds. The largest absolute Gasteiger partial charge is 0.481 e. The highest BCUT2D eigenvalue weighted by molar-refractivity contribution is 6.11. The Morgan fingerprint density at radius 3 is 2.41 bits per heavy atom. The molecule has 0 saturated heterocycles. The van der Waals surface area contributed by atoms with Crippen molar-refractivity contribution < 1.29 is 9.90 Å². The number of carbonyl (C=O) groups is 1. The van der Waals surface area contributed by atoms with E-state index in [1.165, 1.54) is 0 Å². The number of carboxylic acids is 1. The molecule has 2 aromatic heterocycles. The van der Waals surface area contributed by atoms with E-state index < -0.39 is 11.9 Å². The minimum atomic E-state index is -0.848. The number of hydrogen-bond donors (Lipinski definition) is 1. The molecular formula is C18H14N2O2. The monoisotopic (exact) mass is 290 g/mol. The van der Waals surface area contributed by atoms with Crippen molar-refractivity contribution >= 4 is 33.3 Å². The van der Waals surface area contributed by atoms with Crippen LogP contribution in [0.5, 0.6) is 0 Å². The van der Waals surface area contributed by atoms with Crippen LogP contribution >= 0.6 is 0 Å². The molecule has 0 aliphatic heterocycles. The van der Waals surface area contributed by atoms with Crippen LogP contribution in [-0.4, -0.2) is 20.5 Å². The zero-order valence-electron chi connectivity index (χ0n) is 12.0. The molecule has 4 heteroatoms. The highest BCUT2D eigenvalue weighted by Crippen LogP contribution is 2.31. The van der Waals surface area contributed by atoms with Gasteiger partial charge in [-0.1, -0.05) is 42.5 Å². The van der Waals surface area contributed by atoms with Crippen LogP contribution in [-0.2, 0) is 4.79 Å². The standard InChI is InChI=1S/C18H14N2O2/c1-11(18(21)22)16-10-19-17-14-8-3-2-6-12(14)13-7-4-5-9-15(13)20(16)17/h2-11H,1H3,(H,21,22). The van der Waals surface area contributed by atoms with Crippen LogP contribution in [0.4, 0.5) is 0 Å². The van der Waals surface area contributed by atoms with Crippen LogP contribution in [0, 0.1) is 0 Å². The zero-order valence-corrected chi connectivity index (χ0v) is 12.0. The molecule has 1 unspecified atom stereocenters. The number of nitrogens with zero attached hydrogens (tertiary/aromatic N) is 2. The maximum Gasteiger partial charge on any atom is 0.312 e. The van der Waals surface area contributed by atoms with Crippen LogP contribution in [0.15, 0.2) is 54.7 Å². The highest BCUT2D eigenvalue weighted by atomic mass is 16.4. The van der Waals surface area contributed by atoms with Crippen molar-refractivity contribution in [3.05, 3.63) is 60.4 Å². The number of hydrogen-bond acceptors (Lipinski definition) is 2. The molecule has 2 heterocycles. The molecule has 4 rings (SSSR count). The predicted octanol–water partition coefficient (Wildman–Crippen LogP) is 3.83. The van der Waals surface area contributed by atoms with Crippen molar-refractivity contribution in [3.8, 4) is 0 Å². The van der Waals surface area contributed by atoms with Crippen LogP contribution in [0.3, 0.4) is 0 Å². The normalized spacial score (nSPS) is 13.0. The summed E-state index contributed by atoms with van der Waals surface area (Å²) in [5, 5.41) is 12.6. The molecule has 0 spiro atoms. The average molecular weight is 290 g/mol. The van der Waals surface area contributed by atoms with Gasteiger partial charge in [0.1, 0.15) is 5.65 Å². The summed E-state index contributed by atoms with van der Waals surface area (Å²) >= 11 is 0. The minimum absolute atomic E-state index is 0.612. The SMILES string of the molecule is CC(C(=O)O)c1cnc2c3ccccc3c3ccccc3n12. The number of benzene rings is 2. The molecule has 1 atom stereocenters. The molecule has 0 radical (unpaired) electrons. The fraction of sp³-hybridized carbons (Fsp3) is 0.111. The van der Waals surface area contributed by atoms with Crippen molar-refractivity contribution in [1.29, 1.82) is 0 Å². The summed E-state index contributed by atoms with van der Waals surface area (Å²) in [5.41, 5.74) is 2.48. The van der Waals surface area contributed by atoms with Gasteiger partial charge in [0.15, 0.2) is 0 Å². The summed E-state index contributed by atoms with van der Waals surface area (Å²) in [6.45, 7) is 1.69. The number of fused-ring (bicyclic) bond motifs is 6. The van der Waals surface area contributed by atoms with E-state index in [0.717, 1.165) is 27.3 Å². The van der Waals surface area contributed by atoms with Gasteiger partial charge in [-0.3, -0.25) is 9.20 Å². The van der Waals surface area contributed by atoms with Gasteiger partial charge in [0.25, 0.3) is 0 Å². The number of carboxylic acid groups (broad SMARTS) is 1. The number of aliphatic carboxylic acids is 1. The van der Waals surface area contributed by atoms with Gasteiger partial charge in [0.05, 0.1) is 23.3 Å². The first-order valence-electron chi connectivity index (χ1n) is 7.18. The van der Waals surface area contributed by atoms with E-state index in [0.29, 0.717) is 5.69 Å². The Balaban J connectivity index is 2.27. The topological polar surface area (TPSA) is 54.6 Å². The molecule has 4 nitrogen and oxygen atoms in total. The van der Waals surface area contributed by atoms with Gasteiger partial charge in [0.2, 0.25) is 0 Å². The smallest absolute Gasteiger partial charge is 0.312 e. The summed E-state index contributed by atoms with van der Waals surface area (Å²) in [7, 11) is 0. The molecular weight excluding hydrogens is 276 g/mol. The van der Waals surface area contributed by atoms with E-state index in [1.807, 2.05) is 40.8 Å². The number of para-hydroxylation sites is 1. The van der Waals surface area contributed by atoms with Crippen LogP contribution in [0.25, 0.3) is 27.3 Å². The zero-order chi connectivity index (χ0) is 15.3. The lowest BCUT2D eigenvalue weighted by atomic mass is 10.0. The molecule has 22 heavy (non-hydrogen) atoms. The lowest BCUT2D eigenvalue weighted by molar-refractivity contribution is -0.138. The van der Waals surface area contributed by atoms with E-state index in [-0.39, 0.29) is 0 Å². The van der Waals surface area contributed by atoms with Crippen molar-refractivity contribution in [2.24, 2.45) is 0 Å². The number of pyridine rings is 1. The van der Waals surface area contributed by atoms with Gasteiger partial charge < -0.3 is 5.11 Å². The second kappa shape index (κ2) is 4.56. The van der Waals surface area contributed by atoms with E-state index in [2.05, 4.69) is 17.1 Å². The Labute approximate surface area is 126 Å². The first-order valence-corrected chi connectivity index (χ1v) is 7.18. The molecule has 1 N–H and O–H groups in total. The van der Waals surface area contributed by atoms with Crippen molar-refractivity contribution in [1.82, 2.24) is 9.38 Å². The van der Waals surface area contributed by atoms with E-state index in [4.69, 9.17) is 0 Å². The minimum Gasteiger partial charge on any atom is -0.481 e. The third-order valence-electron chi connectivity index (χ3n) is 4.21. The first-order chi connectivity index (χ1) is 10.7. The van der Waals surface area contributed by atoms with E-state index in [9.17, 15) is 9.90 Å². The Bertz CT molecular complexity index is 1030. The maximum absolute atomic E-state index is 11.4. The van der Waals surface area contributed by atoms with Gasteiger partial charge in [-0.05, 0) is 18.4 Å². The summed E-state index contributed by atoms with van der Waals surface area (Å²) in [6.07, 6.45) is 1.67. The average Bonchev–Trinajstić information content (AvgIpc) is 2.99. The van der Waals surface area contributed by atoms with Gasteiger partial charge in [-0.2, -0.15) is 0 Å². The number of imidazole rings is 1. The molecule has 2 aromatic carbocycles. The third-order valence-corrected chi connectivity index (χ3v) is 4.21. The summed E-state index contributed by atoms with van der Waals surface area (Å²) < 4.78 is 1.97. The fourth-order valence-corrected chi connectivity index (χ4v) is 3.05. The number of rotatable bonds is 2. The molecule has 0 aliphatic rings. The van der Waals surface area contributed by atoms with Crippen LogP contribution in [0.2, 0.25) is 0 Å². The maximum atomic E-state index is 11.4. The predicted molar refractivity (Wildman–Crippen MR) is 86.3 cm³/mol. The highest BCUT2D eigenvalue weighted by Gasteiger charge is 2.20. The fourth-order valence-electron chi connectivity index (χ4n) is 3.05. The Hall–Kier alpha value is -2.88. The third kappa shape index (κ3) is 1.64. The summed E-state index contributed by atoms with van der Waals surface area (Å²) in [6, 6.07) is 16.1. The summed E-state index contributed by atoms with van der Waals surface area (Å²) in [4.78, 5) is 15.9. The van der Waals surface area contributed by atoms with Gasteiger partial charge >= 0.3 is 5.97 Å². The Morgan fingerprint density at radius 2 is 1.68 bits per heavy atom. The molecule has 4 aromatic rings. The van der Waals surface area contributed by atoms with Gasteiger partial charge in [-0.15, -0.1) is 0 Å².